The first-order valence-electron chi connectivity index (χ1n) is 14.2. The molecule has 0 bridgehead atoms. The van der Waals surface area contributed by atoms with Crippen LogP contribution >= 0.6 is 0 Å². The Kier molecular flexibility index (Phi) is 7.80. The van der Waals surface area contributed by atoms with E-state index in [1.807, 2.05) is 30.3 Å². The van der Waals surface area contributed by atoms with Crippen molar-refractivity contribution in [2.45, 2.75) is 56.5 Å². The molecule has 2 aliphatic rings. The van der Waals surface area contributed by atoms with Crippen molar-refractivity contribution in [3.05, 3.63) is 105 Å². The predicted octanol–water partition coefficient (Wildman–Crippen LogP) is 2.70. The summed E-state index contributed by atoms with van der Waals surface area (Å²) in [4.78, 5) is 31.2. The topological polar surface area (TPSA) is 156 Å². The lowest BCUT2D eigenvalue weighted by Gasteiger charge is -2.38. The second-order valence-corrected chi connectivity index (χ2v) is 11.4. The smallest absolute Gasteiger partial charge is 0.399 e. The Bertz CT molecular complexity index is 1600. The molecule has 5 N–H and O–H groups in total. The number of aromatic nitrogens is 2. The standard InChI is InChI=1S/C32H37N7O3/c1-19(36-18-20(2)39-13-5-6-26(39)17-33)16-32(30-37-31(41)42-38(30)4)27-11-9-22(21(3)34)14-23(27)7-8-24-15-25(29(35)40)10-12-28(24)32/h9-12,14-15,19,26,36H,2-3,5-8,13,16,18,34H2,1,4H3,(H2,35,40)/t19-,26?,32?/m1/s1. The second kappa shape index (κ2) is 11.3. The molecular formula is C32H37N7O3. The number of benzene rings is 2. The highest BCUT2D eigenvalue weighted by atomic mass is 16.5. The maximum absolute atomic E-state index is 12.6. The number of hydrogen-bond donors (Lipinski definition) is 3. The van der Waals surface area contributed by atoms with Crippen LogP contribution in [0.15, 0.2) is 64.6 Å². The number of aryl methyl sites for hydroxylation is 3. The van der Waals surface area contributed by atoms with Crippen LogP contribution in [0.4, 0.5) is 0 Å². The first-order chi connectivity index (χ1) is 20.0. The summed E-state index contributed by atoms with van der Waals surface area (Å²) in [7, 11) is 1.68. The van der Waals surface area contributed by atoms with E-state index in [1.54, 1.807) is 13.1 Å². The number of rotatable bonds is 9. The van der Waals surface area contributed by atoms with Gasteiger partial charge in [0.1, 0.15) is 6.04 Å². The Morgan fingerprint density at radius 1 is 1.19 bits per heavy atom. The number of nitrogens with two attached hydrogens (primary N) is 2. The van der Waals surface area contributed by atoms with Gasteiger partial charge < -0.3 is 26.2 Å². The van der Waals surface area contributed by atoms with E-state index in [0.717, 1.165) is 52.9 Å². The van der Waals surface area contributed by atoms with Crippen LogP contribution in [0, 0.1) is 11.3 Å². The van der Waals surface area contributed by atoms with Crippen molar-refractivity contribution in [1.82, 2.24) is 19.9 Å². The number of hydrogen-bond acceptors (Lipinski definition) is 8. The van der Waals surface area contributed by atoms with Gasteiger partial charge in [0, 0.05) is 43.1 Å². The van der Waals surface area contributed by atoms with Crippen LogP contribution < -0.4 is 22.5 Å². The van der Waals surface area contributed by atoms with E-state index in [9.17, 15) is 14.9 Å². The average Bonchev–Trinajstić information content (AvgIpc) is 3.55. The summed E-state index contributed by atoms with van der Waals surface area (Å²) in [5.74, 6) is -0.739. The fourth-order valence-corrected chi connectivity index (χ4v) is 6.66. The van der Waals surface area contributed by atoms with E-state index in [1.165, 1.54) is 4.74 Å². The number of nitrogens with zero attached hydrogens (tertiary/aromatic N) is 4. The van der Waals surface area contributed by atoms with E-state index >= 15 is 0 Å². The molecule has 0 radical (unpaired) electrons. The minimum absolute atomic E-state index is 0.101. The number of carbonyl (C=O) groups excluding carboxylic acids is 1. The van der Waals surface area contributed by atoms with Gasteiger partial charge in [-0.3, -0.25) is 4.79 Å². The summed E-state index contributed by atoms with van der Waals surface area (Å²) < 4.78 is 6.87. The molecule has 3 atom stereocenters. The third-order valence-electron chi connectivity index (χ3n) is 8.62. The zero-order chi connectivity index (χ0) is 30.2. The molecule has 10 nitrogen and oxygen atoms in total. The second-order valence-electron chi connectivity index (χ2n) is 11.4. The highest BCUT2D eigenvalue weighted by Gasteiger charge is 2.46. The van der Waals surface area contributed by atoms with Crippen molar-refractivity contribution in [1.29, 1.82) is 5.26 Å². The molecule has 1 amide bonds. The third-order valence-corrected chi connectivity index (χ3v) is 8.62. The number of amides is 1. The summed E-state index contributed by atoms with van der Waals surface area (Å²) in [5.41, 5.74) is 17.3. The normalized spacial score (nSPS) is 20.2. The van der Waals surface area contributed by atoms with Crippen molar-refractivity contribution >= 4 is 11.6 Å². The number of nitriles is 1. The Morgan fingerprint density at radius 3 is 2.40 bits per heavy atom. The maximum Gasteiger partial charge on any atom is 0.459 e. The Hall–Kier alpha value is -4.62. The molecule has 5 rings (SSSR count). The van der Waals surface area contributed by atoms with Crippen LogP contribution in [0.1, 0.15) is 70.2 Å². The third kappa shape index (κ3) is 5.12. The lowest BCUT2D eigenvalue weighted by atomic mass is 9.67. The monoisotopic (exact) mass is 567 g/mol. The molecule has 2 aromatic carbocycles. The number of fused-ring (bicyclic) bond motifs is 2. The number of carbonyl (C=O) groups is 1. The Balaban J connectivity index is 1.65. The van der Waals surface area contributed by atoms with Crippen LogP contribution in [0.5, 0.6) is 0 Å². The molecule has 1 aliphatic carbocycles. The van der Waals surface area contributed by atoms with Gasteiger partial charge in [-0.05, 0) is 85.0 Å². The van der Waals surface area contributed by atoms with Crippen LogP contribution in [-0.4, -0.2) is 45.7 Å². The molecule has 2 unspecified atom stereocenters. The van der Waals surface area contributed by atoms with Crippen molar-refractivity contribution in [2.24, 2.45) is 18.5 Å². The molecule has 1 aliphatic heterocycles. The Labute approximate surface area is 245 Å². The summed E-state index contributed by atoms with van der Waals surface area (Å²) in [6.07, 6.45) is 3.62. The minimum atomic E-state index is -0.927. The lowest BCUT2D eigenvalue weighted by molar-refractivity contribution is 0.1000. The van der Waals surface area contributed by atoms with Gasteiger partial charge in [0.05, 0.1) is 11.5 Å². The zero-order valence-corrected chi connectivity index (χ0v) is 24.2. The number of primary amides is 1. The molecule has 0 saturated carbocycles. The first kappa shape index (κ1) is 28.9. The molecule has 42 heavy (non-hydrogen) atoms. The number of nitrogens with one attached hydrogen (secondary N) is 1. The maximum atomic E-state index is 12.6. The van der Waals surface area contributed by atoms with E-state index < -0.39 is 17.1 Å². The minimum Gasteiger partial charge on any atom is -0.399 e. The fraction of sp³-hybridized carbons (Fsp3) is 0.375. The van der Waals surface area contributed by atoms with Crippen LogP contribution in [0.2, 0.25) is 0 Å². The average molecular weight is 568 g/mol. The molecule has 1 fully saturated rings. The van der Waals surface area contributed by atoms with E-state index in [2.05, 4.69) is 41.4 Å². The molecule has 1 saturated heterocycles. The summed E-state index contributed by atoms with van der Waals surface area (Å²) in [6, 6.07) is 13.6. The van der Waals surface area contributed by atoms with Gasteiger partial charge in [-0.25, -0.2) is 4.79 Å². The summed E-state index contributed by atoms with van der Waals surface area (Å²) in [6.45, 7) is 11.6. The van der Waals surface area contributed by atoms with Gasteiger partial charge in [0.2, 0.25) is 5.91 Å². The summed E-state index contributed by atoms with van der Waals surface area (Å²) in [5, 5.41) is 13.2. The van der Waals surface area contributed by atoms with Gasteiger partial charge in [-0.15, -0.1) is 0 Å². The molecule has 1 aromatic heterocycles. The molecule has 0 spiro atoms. The van der Waals surface area contributed by atoms with E-state index in [4.69, 9.17) is 16.0 Å². The van der Waals surface area contributed by atoms with Crippen LogP contribution in [-0.2, 0) is 25.3 Å². The van der Waals surface area contributed by atoms with Crippen LogP contribution in [0.25, 0.3) is 5.70 Å². The fourth-order valence-electron chi connectivity index (χ4n) is 6.66. The lowest BCUT2D eigenvalue weighted by Crippen LogP contribution is -2.43. The quantitative estimate of drug-likeness (QED) is 0.356. The zero-order valence-electron chi connectivity index (χ0n) is 24.2. The number of likely N-dealkylation sites (tertiary alicyclic amines) is 1. The van der Waals surface area contributed by atoms with Crippen molar-refractivity contribution < 1.29 is 9.32 Å². The van der Waals surface area contributed by atoms with Crippen LogP contribution in [0.3, 0.4) is 0 Å². The predicted molar refractivity (Wildman–Crippen MR) is 160 cm³/mol. The Morgan fingerprint density at radius 2 is 1.83 bits per heavy atom. The molecular weight excluding hydrogens is 530 g/mol. The largest absolute Gasteiger partial charge is 0.459 e. The van der Waals surface area contributed by atoms with Crippen molar-refractivity contribution in [3.8, 4) is 6.07 Å². The molecule has 10 heteroatoms. The SMILES string of the molecule is C=C(N)c1ccc2c(c1)CCc1cc(C(N)=O)ccc1C2(C[C@@H](C)NCC(=C)N1CCCC1C#N)c1nc(=O)on1C. The van der Waals surface area contributed by atoms with Gasteiger partial charge >= 0.3 is 5.76 Å². The summed E-state index contributed by atoms with van der Waals surface area (Å²) >= 11 is 0. The highest BCUT2D eigenvalue weighted by molar-refractivity contribution is 5.93. The van der Waals surface area contributed by atoms with Gasteiger partial charge in [0.25, 0.3) is 0 Å². The van der Waals surface area contributed by atoms with Gasteiger partial charge in [-0.2, -0.15) is 15.0 Å². The van der Waals surface area contributed by atoms with Gasteiger partial charge in [-0.1, -0.05) is 31.4 Å². The van der Waals surface area contributed by atoms with Gasteiger partial charge in [0.15, 0.2) is 5.82 Å². The molecule has 2 heterocycles. The molecule has 218 valence electrons. The van der Waals surface area contributed by atoms with E-state index in [0.29, 0.717) is 42.9 Å². The van der Waals surface area contributed by atoms with E-state index in [-0.39, 0.29) is 12.1 Å². The van der Waals surface area contributed by atoms with Crippen molar-refractivity contribution in [3.63, 3.8) is 0 Å². The molecule has 3 aromatic rings. The first-order valence-corrected chi connectivity index (χ1v) is 14.2. The highest BCUT2D eigenvalue weighted by Crippen LogP contribution is 2.47. The van der Waals surface area contributed by atoms with Crippen molar-refractivity contribution in [2.75, 3.05) is 13.1 Å².